The van der Waals surface area contributed by atoms with Crippen LogP contribution in [0.1, 0.15) is 53.3 Å². The lowest BCUT2D eigenvalue weighted by Crippen LogP contribution is -2.60. The van der Waals surface area contributed by atoms with E-state index >= 15 is 0 Å². The average molecular weight is 612 g/mol. The summed E-state index contributed by atoms with van der Waals surface area (Å²) in [6.07, 6.45) is 1.47. The predicted octanol–water partition coefficient (Wildman–Crippen LogP) is 3.12. The van der Waals surface area contributed by atoms with Crippen LogP contribution in [-0.2, 0) is 19.1 Å². The van der Waals surface area contributed by atoms with Crippen LogP contribution in [0, 0.1) is 11.7 Å². The van der Waals surface area contributed by atoms with Gasteiger partial charge in [0.1, 0.15) is 34.6 Å². The molecule has 0 saturated carbocycles. The molecule has 1 spiro atoms. The summed E-state index contributed by atoms with van der Waals surface area (Å²) in [6, 6.07) is 9.40. The SMILES string of the molecule is CCOC(=O)C1CCN(C(=O)C2COC3(CCN(C(=O)c4c(OC)cccc4OC)CC3)N2C(=O)c2ccc(F)cc2)CC1. The molecule has 3 aliphatic heterocycles. The summed E-state index contributed by atoms with van der Waals surface area (Å²) >= 11 is 0. The molecule has 3 fully saturated rings. The Kier molecular flexibility index (Phi) is 9.38. The van der Waals surface area contributed by atoms with Crippen LogP contribution in [-0.4, -0.2) is 104 Å². The number of methoxy groups -OCH3 is 2. The summed E-state index contributed by atoms with van der Waals surface area (Å²) in [5, 5.41) is 0. The molecule has 3 amide bonds. The average Bonchev–Trinajstić information content (AvgIpc) is 3.42. The van der Waals surface area contributed by atoms with E-state index in [4.69, 9.17) is 18.9 Å². The molecule has 2 aromatic rings. The maximum absolute atomic E-state index is 14.0. The van der Waals surface area contributed by atoms with Gasteiger partial charge in [0, 0.05) is 44.6 Å². The normalized spacial score (nSPS) is 20.0. The maximum Gasteiger partial charge on any atom is 0.309 e. The van der Waals surface area contributed by atoms with E-state index < -0.39 is 23.5 Å². The minimum absolute atomic E-state index is 0.0160. The van der Waals surface area contributed by atoms with Crippen LogP contribution in [0.3, 0.4) is 0 Å². The molecule has 2 aromatic carbocycles. The highest BCUT2D eigenvalue weighted by atomic mass is 19.1. The first-order valence-corrected chi connectivity index (χ1v) is 14.9. The van der Waals surface area contributed by atoms with Gasteiger partial charge in [0.15, 0.2) is 0 Å². The lowest BCUT2D eigenvalue weighted by Gasteiger charge is -2.45. The van der Waals surface area contributed by atoms with Crippen molar-refractivity contribution in [3.05, 3.63) is 59.4 Å². The van der Waals surface area contributed by atoms with E-state index in [-0.39, 0.29) is 61.8 Å². The Morgan fingerprint density at radius 1 is 0.886 bits per heavy atom. The van der Waals surface area contributed by atoms with E-state index in [1.54, 1.807) is 34.9 Å². The lowest BCUT2D eigenvalue weighted by atomic mass is 9.94. The zero-order valence-electron chi connectivity index (χ0n) is 25.3. The van der Waals surface area contributed by atoms with Crippen LogP contribution in [0.15, 0.2) is 42.5 Å². The second-order valence-electron chi connectivity index (χ2n) is 11.1. The Balaban J connectivity index is 1.37. The standard InChI is InChI=1S/C32H38FN3O8/c1-4-43-31(40)22-12-16-34(17-13-22)29(38)24-20-44-32(36(24)28(37)21-8-10-23(33)11-9-21)14-18-35(19-15-32)30(39)27-25(41-2)6-5-7-26(27)42-3/h5-11,22,24H,4,12-20H2,1-3H3. The molecule has 12 heteroatoms. The number of likely N-dealkylation sites (tertiary alicyclic amines) is 2. The van der Waals surface area contributed by atoms with E-state index in [1.807, 2.05) is 0 Å². The summed E-state index contributed by atoms with van der Waals surface area (Å²) in [6.45, 7) is 3.25. The molecule has 1 atom stereocenters. The van der Waals surface area contributed by atoms with Crippen molar-refractivity contribution in [3.8, 4) is 11.5 Å². The first-order chi connectivity index (χ1) is 21.2. The number of piperidine rings is 2. The molecule has 5 rings (SSSR count). The van der Waals surface area contributed by atoms with Gasteiger partial charge in [-0.15, -0.1) is 0 Å². The Bertz CT molecular complexity index is 1360. The molecule has 0 radical (unpaired) electrons. The number of amides is 3. The summed E-state index contributed by atoms with van der Waals surface area (Å²) in [7, 11) is 2.97. The van der Waals surface area contributed by atoms with Crippen molar-refractivity contribution in [2.75, 3.05) is 53.6 Å². The number of benzene rings is 2. The highest BCUT2D eigenvalue weighted by Crippen LogP contribution is 2.40. The largest absolute Gasteiger partial charge is 0.496 e. The quantitative estimate of drug-likeness (QED) is 0.439. The number of hydrogen-bond acceptors (Lipinski definition) is 8. The number of hydrogen-bond donors (Lipinski definition) is 0. The Labute approximate surface area is 255 Å². The molecule has 0 aliphatic carbocycles. The summed E-state index contributed by atoms with van der Waals surface area (Å²) < 4.78 is 36.1. The minimum atomic E-state index is -1.14. The Hall–Kier alpha value is -4.19. The molecule has 11 nitrogen and oxygen atoms in total. The smallest absolute Gasteiger partial charge is 0.309 e. The maximum atomic E-state index is 14.0. The third-order valence-corrected chi connectivity index (χ3v) is 8.76. The molecule has 0 N–H and O–H groups in total. The molecule has 0 aromatic heterocycles. The molecule has 3 aliphatic rings. The van der Waals surface area contributed by atoms with Gasteiger partial charge in [0.2, 0.25) is 5.91 Å². The molecule has 44 heavy (non-hydrogen) atoms. The van der Waals surface area contributed by atoms with Gasteiger partial charge in [-0.05, 0) is 56.2 Å². The molecular formula is C32H38FN3O8. The fourth-order valence-electron chi connectivity index (χ4n) is 6.37. The van der Waals surface area contributed by atoms with Crippen molar-refractivity contribution in [1.29, 1.82) is 0 Å². The summed E-state index contributed by atoms with van der Waals surface area (Å²) in [5.74, 6) is -1.24. The Morgan fingerprint density at radius 3 is 2.07 bits per heavy atom. The summed E-state index contributed by atoms with van der Waals surface area (Å²) in [4.78, 5) is 58.6. The van der Waals surface area contributed by atoms with Gasteiger partial charge in [-0.3, -0.25) is 24.1 Å². The van der Waals surface area contributed by atoms with Gasteiger partial charge < -0.3 is 28.7 Å². The van der Waals surface area contributed by atoms with Gasteiger partial charge in [0.05, 0.1) is 33.4 Å². The fourth-order valence-corrected chi connectivity index (χ4v) is 6.37. The van der Waals surface area contributed by atoms with Crippen molar-refractivity contribution >= 4 is 23.7 Å². The minimum Gasteiger partial charge on any atom is -0.496 e. The van der Waals surface area contributed by atoms with Crippen molar-refractivity contribution in [1.82, 2.24) is 14.7 Å². The van der Waals surface area contributed by atoms with Gasteiger partial charge >= 0.3 is 5.97 Å². The van der Waals surface area contributed by atoms with Gasteiger partial charge in [0.25, 0.3) is 11.8 Å². The molecule has 0 bridgehead atoms. The van der Waals surface area contributed by atoms with Crippen molar-refractivity contribution in [3.63, 3.8) is 0 Å². The van der Waals surface area contributed by atoms with Crippen molar-refractivity contribution in [2.45, 2.75) is 44.4 Å². The van der Waals surface area contributed by atoms with Crippen LogP contribution in [0.4, 0.5) is 4.39 Å². The van der Waals surface area contributed by atoms with Gasteiger partial charge in [-0.1, -0.05) is 6.07 Å². The van der Waals surface area contributed by atoms with E-state index in [9.17, 15) is 23.6 Å². The molecule has 1 unspecified atom stereocenters. The van der Waals surface area contributed by atoms with Gasteiger partial charge in [-0.2, -0.15) is 0 Å². The second-order valence-corrected chi connectivity index (χ2v) is 11.1. The highest BCUT2D eigenvalue weighted by Gasteiger charge is 2.55. The molecule has 3 saturated heterocycles. The molecular weight excluding hydrogens is 573 g/mol. The number of carbonyl (C=O) groups is 4. The lowest BCUT2D eigenvalue weighted by molar-refractivity contribution is -0.152. The number of carbonyl (C=O) groups excluding carboxylic acids is 4. The number of ether oxygens (including phenoxy) is 4. The van der Waals surface area contributed by atoms with Crippen molar-refractivity contribution in [2.24, 2.45) is 5.92 Å². The van der Waals surface area contributed by atoms with E-state index in [2.05, 4.69) is 0 Å². The van der Waals surface area contributed by atoms with E-state index in [0.29, 0.717) is 49.6 Å². The first kappa shape index (κ1) is 31.2. The number of rotatable bonds is 7. The van der Waals surface area contributed by atoms with Crippen LogP contribution in [0.5, 0.6) is 11.5 Å². The summed E-state index contributed by atoms with van der Waals surface area (Å²) in [5.41, 5.74) is -0.608. The fraction of sp³-hybridized carbons (Fsp3) is 0.500. The first-order valence-electron chi connectivity index (χ1n) is 14.9. The predicted molar refractivity (Wildman–Crippen MR) is 156 cm³/mol. The molecule has 236 valence electrons. The van der Waals surface area contributed by atoms with Crippen molar-refractivity contribution < 1.29 is 42.5 Å². The third kappa shape index (κ3) is 5.95. The zero-order chi connectivity index (χ0) is 31.4. The van der Waals surface area contributed by atoms with Crippen LogP contribution in [0.25, 0.3) is 0 Å². The second kappa shape index (κ2) is 13.2. The number of halogens is 1. The van der Waals surface area contributed by atoms with E-state index in [1.165, 1.54) is 43.4 Å². The topological polar surface area (TPSA) is 115 Å². The monoisotopic (exact) mass is 611 g/mol. The molecule has 3 heterocycles. The zero-order valence-corrected chi connectivity index (χ0v) is 25.3. The Morgan fingerprint density at radius 2 is 1.50 bits per heavy atom. The highest BCUT2D eigenvalue weighted by molar-refractivity contribution is 6.00. The van der Waals surface area contributed by atoms with Crippen LogP contribution < -0.4 is 9.47 Å². The van der Waals surface area contributed by atoms with Crippen LogP contribution >= 0.6 is 0 Å². The third-order valence-electron chi connectivity index (χ3n) is 8.76. The van der Waals surface area contributed by atoms with E-state index in [0.717, 1.165) is 0 Å². The number of esters is 1. The van der Waals surface area contributed by atoms with Gasteiger partial charge in [-0.25, -0.2) is 4.39 Å². The van der Waals surface area contributed by atoms with Crippen LogP contribution in [0.2, 0.25) is 0 Å². The number of nitrogens with zero attached hydrogens (tertiary/aromatic N) is 3.